The summed E-state index contributed by atoms with van der Waals surface area (Å²) in [4.78, 5) is 24.9. The van der Waals surface area contributed by atoms with Crippen LogP contribution in [0.5, 0.6) is 11.5 Å². The molecule has 6 heteroatoms. The molecule has 1 aliphatic heterocycles. The van der Waals surface area contributed by atoms with E-state index in [2.05, 4.69) is 10.6 Å². The van der Waals surface area contributed by atoms with Gasteiger partial charge in [0, 0.05) is 16.9 Å². The smallest absolute Gasteiger partial charge is 0.269 e. The molecule has 1 unspecified atom stereocenters. The van der Waals surface area contributed by atoms with Crippen molar-refractivity contribution in [3.8, 4) is 11.5 Å². The Kier molecular flexibility index (Phi) is 5.16. The van der Waals surface area contributed by atoms with E-state index >= 15 is 0 Å². The fraction of sp³-hybridized carbons (Fsp3) is 0.130. The Morgan fingerprint density at radius 2 is 1.62 bits per heavy atom. The third-order valence-corrected chi connectivity index (χ3v) is 4.58. The third kappa shape index (κ3) is 4.21. The zero-order chi connectivity index (χ0) is 20.2. The molecule has 0 aromatic heterocycles. The summed E-state index contributed by atoms with van der Waals surface area (Å²) in [5.41, 5.74) is 2.72. The van der Waals surface area contributed by atoms with Crippen molar-refractivity contribution in [3.63, 3.8) is 0 Å². The van der Waals surface area contributed by atoms with E-state index in [0.717, 1.165) is 5.56 Å². The Labute approximate surface area is 168 Å². The van der Waals surface area contributed by atoms with Gasteiger partial charge in [-0.3, -0.25) is 9.59 Å². The van der Waals surface area contributed by atoms with Crippen molar-refractivity contribution in [2.75, 3.05) is 17.2 Å². The Balaban J connectivity index is 1.40. The number of amides is 2. The molecule has 0 fully saturated rings. The van der Waals surface area contributed by atoms with Gasteiger partial charge in [-0.2, -0.15) is 0 Å². The lowest BCUT2D eigenvalue weighted by Crippen LogP contribution is -2.40. The third-order valence-electron chi connectivity index (χ3n) is 4.58. The molecule has 6 nitrogen and oxygen atoms in total. The molecule has 0 saturated heterocycles. The summed E-state index contributed by atoms with van der Waals surface area (Å²) in [6.45, 7) is 2.01. The molecule has 146 valence electrons. The molecule has 0 bridgehead atoms. The Bertz CT molecular complexity index is 1050. The summed E-state index contributed by atoms with van der Waals surface area (Å²) >= 11 is 0. The number of hydrogen-bond donors (Lipinski definition) is 2. The molecule has 1 aliphatic rings. The average Bonchev–Trinajstić information content (AvgIpc) is 2.75. The molecule has 1 atom stereocenters. The second kappa shape index (κ2) is 8.06. The first kappa shape index (κ1) is 18.6. The zero-order valence-corrected chi connectivity index (χ0v) is 15.8. The van der Waals surface area contributed by atoms with E-state index in [4.69, 9.17) is 9.47 Å². The summed E-state index contributed by atoms with van der Waals surface area (Å²) in [5.74, 6) is 0.705. The minimum atomic E-state index is -0.734. The molecule has 2 N–H and O–H groups in total. The van der Waals surface area contributed by atoms with E-state index in [0.29, 0.717) is 28.4 Å². The lowest BCUT2D eigenvalue weighted by molar-refractivity contribution is -0.125. The maximum Gasteiger partial charge on any atom is 0.269 e. The molecule has 1 heterocycles. The van der Waals surface area contributed by atoms with E-state index < -0.39 is 6.10 Å². The monoisotopic (exact) mass is 388 g/mol. The van der Waals surface area contributed by atoms with Crippen molar-refractivity contribution in [1.82, 2.24) is 0 Å². The highest BCUT2D eigenvalue weighted by molar-refractivity contribution is 6.04. The van der Waals surface area contributed by atoms with Crippen LogP contribution in [0.2, 0.25) is 0 Å². The molecule has 0 aliphatic carbocycles. The Morgan fingerprint density at radius 3 is 2.38 bits per heavy atom. The number of carbonyl (C=O) groups is 2. The summed E-state index contributed by atoms with van der Waals surface area (Å²) in [6.07, 6.45) is -0.734. The van der Waals surface area contributed by atoms with Gasteiger partial charge in [0.05, 0.1) is 0 Å². The van der Waals surface area contributed by atoms with Gasteiger partial charge in [-0.05, 0) is 55.0 Å². The van der Waals surface area contributed by atoms with Gasteiger partial charge >= 0.3 is 0 Å². The minimum Gasteiger partial charge on any atom is -0.485 e. The van der Waals surface area contributed by atoms with Crippen molar-refractivity contribution >= 4 is 23.2 Å². The topological polar surface area (TPSA) is 76.7 Å². The van der Waals surface area contributed by atoms with Crippen LogP contribution >= 0.6 is 0 Å². The SMILES string of the molecule is Cc1cc(NC(=O)C2COc3ccccc3O2)ccc1NC(=O)c1ccccc1. The summed E-state index contributed by atoms with van der Waals surface area (Å²) < 4.78 is 11.3. The first-order valence-electron chi connectivity index (χ1n) is 9.26. The van der Waals surface area contributed by atoms with Crippen LogP contribution in [0.1, 0.15) is 15.9 Å². The lowest BCUT2D eigenvalue weighted by Gasteiger charge is -2.25. The van der Waals surface area contributed by atoms with Crippen LogP contribution in [0.25, 0.3) is 0 Å². The normalized spacial score (nSPS) is 14.7. The summed E-state index contributed by atoms with van der Waals surface area (Å²) in [6, 6.07) is 21.5. The van der Waals surface area contributed by atoms with Gasteiger partial charge < -0.3 is 20.1 Å². The number of rotatable bonds is 4. The van der Waals surface area contributed by atoms with Crippen molar-refractivity contribution < 1.29 is 19.1 Å². The van der Waals surface area contributed by atoms with E-state index in [1.165, 1.54) is 0 Å². The maximum atomic E-state index is 12.6. The second-order valence-electron chi connectivity index (χ2n) is 6.70. The number of hydrogen-bond acceptors (Lipinski definition) is 4. The number of carbonyl (C=O) groups excluding carboxylic acids is 2. The number of fused-ring (bicyclic) bond motifs is 1. The molecule has 29 heavy (non-hydrogen) atoms. The minimum absolute atomic E-state index is 0.146. The Hall–Kier alpha value is -3.80. The molecule has 0 radical (unpaired) electrons. The van der Waals surface area contributed by atoms with Crippen LogP contribution in [0, 0.1) is 6.92 Å². The van der Waals surface area contributed by atoms with Gasteiger partial charge in [0.25, 0.3) is 11.8 Å². The predicted octanol–water partition coefficient (Wildman–Crippen LogP) is 4.03. The van der Waals surface area contributed by atoms with Gasteiger partial charge in [0.2, 0.25) is 6.10 Å². The van der Waals surface area contributed by atoms with Crippen LogP contribution in [0.3, 0.4) is 0 Å². The molecule has 2 amide bonds. The average molecular weight is 388 g/mol. The molecule has 0 saturated carbocycles. The zero-order valence-electron chi connectivity index (χ0n) is 15.8. The van der Waals surface area contributed by atoms with Gasteiger partial charge in [0.15, 0.2) is 11.5 Å². The van der Waals surface area contributed by atoms with Crippen LogP contribution in [-0.4, -0.2) is 24.5 Å². The predicted molar refractivity (Wildman–Crippen MR) is 111 cm³/mol. The van der Waals surface area contributed by atoms with Crippen LogP contribution in [0.15, 0.2) is 72.8 Å². The van der Waals surface area contributed by atoms with Gasteiger partial charge in [0.1, 0.15) is 6.61 Å². The second-order valence-corrected chi connectivity index (χ2v) is 6.70. The summed E-state index contributed by atoms with van der Waals surface area (Å²) in [7, 11) is 0. The van der Waals surface area contributed by atoms with E-state index in [-0.39, 0.29) is 18.4 Å². The van der Waals surface area contributed by atoms with Crippen molar-refractivity contribution in [1.29, 1.82) is 0 Å². The standard InChI is InChI=1S/C23H20N2O4/c1-15-13-17(11-12-18(15)25-22(26)16-7-3-2-4-8-16)24-23(27)21-14-28-19-9-5-6-10-20(19)29-21/h2-13,21H,14H2,1H3,(H,24,27)(H,25,26). The largest absolute Gasteiger partial charge is 0.485 e. The molecular formula is C23H20N2O4. The number of benzene rings is 3. The number of ether oxygens (including phenoxy) is 2. The maximum absolute atomic E-state index is 12.6. The molecule has 4 rings (SSSR count). The highest BCUT2D eigenvalue weighted by atomic mass is 16.6. The fourth-order valence-corrected chi connectivity index (χ4v) is 3.04. The van der Waals surface area contributed by atoms with Gasteiger partial charge in [-0.15, -0.1) is 0 Å². The van der Waals surface area contributed by atoms with Crippen LogP contribution < -0.4 is 20.1 Å². The first-order valence-corrected chi connectivity index (χ1v) is 9.26. The van der Waals surface area contributed by atoms with E-state index in [1.54, 1.807) is 42.5 Å². The Morgan fingerprint density at radius 1 is 0.897 bits per heavy atom. The van der Waals surface area contributed by atoms with Crippen molar-refractivity contribution in [2.24, 2.45) is 0 Å². The fourth-order valence-electron chi connectivity index (χ4n) is 3.04. The van der Waals surface area contributed by atoms with Crippen molar-refractivity contribution in [3.05, 3.63) is 83.9 Å². The highest BCUT2D eigenvalue weighted by Crippen LogP contribution is 2.31. The van der Waals surface area contributed by atoms with Gasteiger partial charge in [-0.1, -0.05) is 30.3 Å². The number of aryl methyl sites for hydroxylation is 1. The number of anilines is 2. The molecule has 3 aromatic rings. The van der Waals surface area contributed by atoms with E-state index in [9.17, 15) is 9.59 Å². The van der Waals surface area contributed by atoms with Crippen LogP contribution in [0.4, 0.5) is 11.4 Å². The quantitative estimate of drug-likeness (QED) is 0.708. The molecule has 0 spiro atoms. The number of para-hydroxylation sites is 2. The van der Waals surface area contributed by atoms with E-state index in [1.807, 2.05) is 37.3 Å². The first-order chi connectivity index (χ1) is 14.1. The molecular weight excluding hydrogens is 368 g/mol. The van der Waals surface area contributed by atoms with Gasteiger partial charge in [-0.25, -0.2) is 0 Å². The summed E-state index contributed by atoms with van der Waals surface area (Å²) in [5, 5.41) is 5.72. The lowest BCUT2D eigenvalue weighted by atomic mass is 10.1. The van der Waals surface area contributed by atoms with Crippen LogP contribution in [-0.2, 0) is 4.79 Å². The molecule has 3 aromatic carbocycles. The van der Waals surface area contributed by atoms with Crippen molar-refractivity contribution in [2.45, 2.75) is 13.0 Å². The highest BCUT2D eigenvalue weighted by Gasteiger charge is 2.27. The number of nitrogens with one attached hydrogen (secondary N) is 2.